The molecule has 2 N–H and O–H groups in total. The van der Waals surface area contributed by atoms with Gasteiger partial charge in [-0.15, -0.1) is 0 Å². The van der Waals surface area contributed by atoms with E-state index in [9.17, 15) is 0 Å². The van der Waals surface area contributed by atoms with Crippen LogP contribution in [-0.2, 0) is 6.42 Å². The highest BCUT2D eigenvalue weighted by atomic mass is 15.1. The van der Waals surface area contributed by atoms with E-state index < -0.39 is 0 Å². The van der Waals surface area contributed by atoms with Gasteiger partial charge in [-0.2, -0.15) is 0 Å². The number of aromatic nitrogens is 1. The molecule has 142 valence electrons. The quantitative estimate of drug-likeness (QED) is 0.784. The Balaban J connectivity index is 1.27. The van der Waals surface area contributed by atoms with E-state index in [1.54, 1.807) is 5.57 Å². The molecule has 3 heterocycles. The first-order valence-corrected chi connectivity index (χ1v) is 10.2. The lowest BCUT2D eigenvalue weighted by atomic mass is 9.90. The molecule has 0 fully saturated rings. The monoisotopic (exact) mass is 370 g/mol. The second-order valence-corrected chi connectivity index (χ2v) is 7.75. The zero-order chi connectivity index (χ0) is 18.8. The predicted octanol–water partition coefficient (Wildman–Crippen LogP) is 4.92. The summed E-state index contributed by atoms with van der Waals surface area (Å²) >= 11 is 0. The topological polar surface area (TPSA) is 40.2 Å². The largest absolute Gasteiger partial charge is 0.371 e. The Hall–Kier alpha value is -3.01. The molecule has 1 aromatic heterocycles. The SMILES string of the molecule is C1=CCC2C(CCN3CCCc4cc(Nc5ccncc5)ccc43)=CNC2=C1. The number of rotatable bonds is 5. The van der Waals surface area contributed by atoms with Crippen molar-refractivity contribution >= 4 is 17.1 Å². The summed E-state index contributed by atoms with van der Waals surface area (Å²) in [4.78, 5) is 6.65. The van der Waals surface area contributed by atoms with Gasteiger partial charge in [0.1, 0.15) is 0 Å². The molecule has 0 spiro atoms. The average molecular weight is 371 g/mol. The molecule has 28 heavy (non-hydrogen) atoms. The van der Waals surface area contributed by atoms with Crippen LogP contribution in [0.5, 0.6) is 0 Å². The van der Waals surface area contributed by atoms with Crippen LogP contribution in [0.2, 0.25) is 0 Å². The highest BCUT2D eigenvalue weighted by Gasteiger charge is 2.25. The van der Waals surface area contributed by atoms with Crippen LogP contribution in [0.3, 0.4) is 0 Å². The van der Waals surface area contributed by atoms with Gasteiger partial charge < -0.3 is 15.5 Å². The third-order valence-corrected chi connectivity index (χ3v) is 5.96. The maximum atomic E-state index is 4.08. The van der Waals surface area contributed by atoms with E-state index in [0.29, 0.717) is 5.92 Å². The van der Waals surface area contributed by atoms with Crippen molar-refractivity contribution in [3.05, 3.63) is 84.0 Å². The van der Waals surface area contributed by atoms with Crippen molar-refractivity contribution in [1.82, 2.24) is 10.3 Å². The van der Waals surface area contributed by atoms with Crippen molar-refractivity contribution in [2.75, 3.05) is 23.3 Å². The average Bonchev–Trinajstić information content (AvgIpc) is 3.16. The number of anilines is 3. The molecule has 4 heteroatoms. The van der Waals surface area contributed by atoms with Gasteiger partial charge in [-0.1, -0.05) is 12.2 Å². The molecule has 1 atom stereocenters. The van der Waals surface area contributed by atoms with E-state index >= 15 is 0 Å². The maximum absolute atomic E-state index is 4.08. The van der Waals surface area contributed by atoms with Crippen molar-refractivity contribution in [1.29, 1.82) is 0 Å². The minimum absolute atomic E-state index is 0.571. The fourth-order valence-corrected chi connectivity index (χ4v) is 4.50. The molecule has 2 aliphatic heterocycles. The lowest BCUT2D eigenvalue weighted by Gasteiger charge is -2.32. The molecular formula is C24H26N4. The molecular weight excluding hydrogens is 344 g/mol. The smallest absolute Gasteiger partial charge is 0.0415 e. The Kier molecular flexibility index (Phi) is 4.61. The first kappa shape index (κ1) is 17.1. The van der Waals surface area contributed by atoms with Crippen LogP contribution in [0.1, 0.15) is 24.8 Å². The van der Waals surface area contributed by atoms with Gasteiger partial charge in [0.2, 0.25) is 0 Å². The summed E-state index contributed by atoms with van der Waals surface area (Å²) < 4.78 is 0. The van der Waals surface area contributed by atoms with Crippen LogP contribution in [0.25, 0.3) is 0 Å². The zero-order valence-corrected chi connectivity index (χ0v) is 16.1. The highest BCUT2D eigenvalue weighted by Crippen LogP contribution is 2.35. The first-order chi connectivity index (χ1) is 13.9. The standard InChI is InChI=1S/C24H26N4/c1-2-6-23-22(5-1)19(17-26-23)11-15-28-14-3-4-18-16-21(7-8-24(18)28)27-20-9-12-25-13-10-20/h1-2,6-10,12-13,16-17,22,26H,3-5,11,14-15H2,(H,25,27). The fraction of sp³-hybridized carbons (Fsp3) is 0.292. The summed E-state index contributed by atoms with van der Waals surface area (Å²) in [6.45, 7) is 2.24. The fourth-order valence-electron chi connectivity index (χ4n) is 4.50. The number of aryl methyl sites for hydroxylation is 1. The second-order valence-electron chi connectivity index (χ2n) is 7.75. The number of hydrogen-bond acceptors (Lipinski definition) is 4. The van der Waals surface area contributed by atoms with E-state index in [4.69, 9.17) is 0 Å². The molecule has 1 aliphatic carbocycles. The van der Waals surface area contributed by atoms with Gasteiger partial charge in [0.05, 0.1) is 0 Å². The minimum Gasteiger partial charge on any atom is -0.371 e. The predicted molar refractivity (Wildman–Crippen MR) is 116 cm³/mol. The molecule has 0 radical (unpaired) electrons. The van der Waals surface area contributed by atoms with Crippen molar-refractivity contribution < 1.29 is 0 Å². The summed E-state index contributed by atoms with van der Waals surface area (Å²) in [7, 11) is 0. The summed E-state index contributed by atoms with van der Waals surface area (Å²) in [5.74, 6) is 0.571. The van der Waals surface area contributed by atoms with Crippen LogP contribution in [0.15, 0.2) is 78.4 Å². The molecule has 1 unspecified atom stereocenters. The number of pyridine rings is 1. The van der Waals surface area contributed by atoms with Crippen molar-refractivity contribution in [3.63, 3.8) is 0 Å². The molecule has 3 aliphatic rings. The van der Waals surface area contributed by atoms with Crippen LogP contribution in [-0.4, -0.2) is 18.1 Å². The van der Waals surface area contributed by atoms with E-state index in [1.165, 1.54) is 23.4 Å². The normalized spacial score (nSPS) is 20.0. The number of nitrogens with zero attached hydrogens (tertiary/aromatic N) is 2. The molecule has 0 amide bonds. The first-order valence-electron chi connectivity index (χ1n) is 10.2. The van der Waals surface area contributed by atoms with E-state index in [0.717, 1.165) is 43.7 Å². The Morgan fingerprint density at radius 3 is 3.00 bits per heavy atom. The van der Waals surface area contributed by atoms with Crippen LogP contribution < -0.4 is 15.5 Å². The second kappa shape index (κ2) is 7.55. The summed E-state index contributed by atoms with van der Waals surface area (Å²) in [6.07, 6.45) is 17.2. The van der Waals surface area contributed by atoms with Crippen molar-refractivity contribution in [3.8, 4) is 0 Å². The van der Waals surface area contributed by atoms with E-state index in [1.807, 2.05) is 24.5 Å². The molecule has 0 saturated heterocycles. The molecule has 1 aromatic carbocycles. The summed E-state index contributed by atoms with van der Waals surface area (Å²) in [6, 6.07) is 10.8. The number of hydrogen-bond donors (Lipinski definition) is 2. The maximum Gasteiger partial charge on any atom is 0.0415 e. The van der Waals surface area contributed by atoms with Crippen LogP contribution in [0.4, 0.5) is 17.1 Å². The molecule has 4 nitrogen and oxygen atoms in total. The third kappa shape index (κ3) is 3.42. The number of allylic oxidation sites excluding steroid dienone is 4. The van der Waals surface area contributed by atoms with Gasteiger partial charge in [0, 0.05) is 60.4 Å². The number of fused-ring (bicyclic) bond motifs is 2. The Morgan fingerprint density at radius 1 is 1.14 bits per heavy atom. The zero-order valence-electron chi connectivity index (χ0n) is 16.1. The van der Waals surface area contributed by atoms with Gasteiger partial charge >= 0.3 is 0 Å². The van der Waals surface area contributed by atoms with Gasteiger partial charge in [-0.05, 0) is 73.2 Å². The van der Waals surface area contributed by atoms with Gasteiger partial charge in [-0.3, -0.25) is 4.98 Å². The molecule has 0 bridgehead atoms. The van der Waals surface area contributed by atoms with Crippen LogP contribution in [0, 0.1) is 5.92 Å². The van der Waals surface area contributed by atoms with E-state index in [-0.39, 0.29) is 0 Å². The molecule has 5 rings (SSSR count). The molecule has 0 saturated carbocycles. The highest BCUT2D eigenvalue weighted by molar-refractivity contribution is 5.66. The van der Waals surface area contributed by atoms with E-state index in [2.05, 4.69) is 63.1 Å². The Morgan fingerprint density at radius 2 is 2.07 bits per heavy atom. The summed E-state index contributed by atoms with van der Waals surface area (Å²) in [5.41, 5.74) is 7.98. The van der Waals surface area contributed by atoms with Crippen LogP contribution >= 0.6 is 0 Å². The number of benzene rings is 1. The Labute approximate surface area is 166 Å². The van der Waals surface area contributed by atoms with Crippen molar-refractivity contribution in [2.45, 2.75) is 25.7 Å². The lowest BCUT2D eigenvalue weighted by Crippen LogP contribution is -2.30. The molecule has 2 aromatic rings. The number of nitrogens with one attached hydrogen (secondary N) is 2. The van der Waals surface area contributed by atoms with Gasteiger partial charge in [-0.25, -0.2) is 0 Å². The summed E-state index contributed by atoms with van der Waals surface area (Å²) in [5, 5.41) is 6.95. The van der Waals surface area contributed by atoms with Gasteiger partial charge in [0.25, 0.3) is 0 Å². The Bertz CT molecular complexity index is 942. The van der Waals surface area contributed by atoms with Gasteiger partial charge in [0.15, 0.2) is 0 Å². The third-order valence-electron chi connectivity index (χ3n) is 5.96. The van der Waals surface area contributed by atoms with Crippen molar-refractivity contribution in [2.24, 2.45) is 5.92 Å². The minimum atomic E-state index is 0.571. The lowest BCUT2D eigenvalue weighted by molar-refractivity contribution is 0.647.